The zero-order valence-corrected chi connectivity index (χ0v) is 14.1. The van der Waals surface area contributed by atoms with Gasteiger partial charge in [0.05, 0.1) is 6.10 Å². The van der Waals surface area contributed by atoms with E-state index in [2.05, 4.69) is 54.0 Å². The highest BCUT2D eigenvalue weighted by molar-refractivity contribution is 9.10. The molecule has 2 rings (SSSR count). The smallest absolute Gasteiger partial charge is 0.0662 e. The molecule has 1 N–H and O–H groups in total. The lowest BCUT2D eigenvalue weighted by Crippen LogP contribution is -2.30. The van der Waals surface area contributed by atoms with Crippen molar-refractivity contribution in [3.8, 4) is 0 Å². The Labute approximate surface area is 129 Å². The highest BCUT2D eigenvalue weighted by Gasteiger charge is 2.29. The number of aliphatic hydroxyl groups excluding tert-OH is 1. The second-order valence-electron chi connectivity index (χ2n) is 5.86. The van der Waals surface area contributed by atoms with Gasteiger partial charge in [-0.25, -0.2) is 0 Å². The summed E-state index contributed by atoms with van der Waals surface area (Å²) < 4.78 is 1.10. The molecule has 19 heavy (non-hydrogen) atoms. The molecule has 0 radical (unpaired) electrons. The maximum absolute atomic E-state index is 10.4. The van der Waals surface area contributed by atoms with Crippen molar-refractivity contribution in [2.45, 2.75) is 44.1 Å². The lowest BCUT2D eigenvalue weighted by atomic mass is 9.74. The zero-order chi connectivity index (χ0) is 13.8. The largest absolute Gasteiger partial charge is 0.392 e. The predicted molar refractivity (Wildman–Crippen MR) is 86.5 cm³/mol. The minimum atomic E-state index is -0.163. The van der Waals surface area contributed by atoms with Gasteiger partial charge in [-0.3, -0.25) is 0 Å². The summed E-state index contributed by atoms with van der Waals surface area (Å²) >= 11 is 5.20. The number of benzene rings is 1. The van der Waals surface area contributed by atoms with E-state index in [1.54, 1.807) is 11.8 Å². The van der Waals surface area contributed by atoms with E-state index in [-0.39, 0.29) is 6.10 Å². The van der Waals surface area contributed by atoms with Crippen LogP contribution in [0.1, 0.15) is 33.1 Å². The third-order valence-electron chi connectivity index (χ3n) is 4.42. The van der Waals surface area contributed by atoms with Gasteiger partial charge in [-0.05, 0) is 54.9 Å². The van der Waals surface area contributed by atoms with E-state index in [1.165, 1.54) is 24.2 Å². The molecular weight excluding hydrogens is 320 g/mol. The van der Waals surface area contributed by atoms with Crippen LogP contribution in [0.25, 0.3) is 0 Å². The van der Waals surface area contributed by atoms with Gasteiger partial charge in [-0.2, -0.15) is 0 Å². The fourth-order valence-corrected chi connectivity index (χ4v) is 4.02. The van der Waals surface area contributed by atoms with Gasteiger partial charge >= 0.3 is 0 Å². The SMILES string of the molecule is CC1CCC(C(O)CSc2ccc(Br)cc2)CC1C. The van der Waals surface area contributed by atoms with Gasteiger partial charge in [0.25, 0.3) is 0 Å². The lowest BCUT2D eigenvalue weighted by molar-refractivity contribution is 0.0729. The Morgan fingerprint density at radius 2 is 1.89 bits per heavy atom. The molecule has 4 unspecified atom stereocenters. The van der Waals surface area contributed by atoms with Crippen LogP contribution in [0.4, 0.5) is 0 Å². The maximum Gasteiger partial charge on any atom is 0.0662 e. The number of thioether (sulfide) groups is 1. The molecule has 0 aromatic heterocycles. The van der Waals surface area contributed by atoms with Crippen molar-refractivity contribution < 1.29 is 5.11 Å². The van der Waals surface area contributed by atoms with Crippen LogP contribution in [0.3, 0.4) is 0 Å². The quantitative estimate of drug-likeness (QED) is 0.779. The lowest BCUT2D eigenvalue weighted by Gasteiger charge is -2.34. The van der Waals surface area contributed by atoms with Gasteiger partial charge in [-0.1, -0.05) is 36.2 Å². The summed E-state index contributed by atoms with van der Waals surface area (Å²) in [5, 5.41) is 10.4. The first-order valence-corrected chi connectivity index (χ1v) is 8.90. The normalized spacial score (nSPS) is 29.2. The molecule has 1 aliphatic rings. The molecule has 1 fully saturated rings. The first-order valence-electron chi connectivity index (χ1n) is 7.12. The van der Waals surface area contributed by atoms with Crippen LogP contribution in [-0.2, 0) is 0 Å². The molecular formula is C16H23BrOS. The predicted octanol–water partition coefficient (Wildman–Crippen LogP) is 4.97. The highest BCUT2D eigenvalue weighted by Crippen LogP contribution is 2.36. The third kappa shape index (κ3) is 4.51. The van der Waals surface area contributed by atoms with Gasteiger partial charge in [-0.15, -0.1) is 11.8 Å². The van der Waals surface area contributed by atoms with Gasteiger partial charge < -0.3 is 5.11 Å². The average Bonchev–Trinajstić information content (AvgIpc) is 2.41. The molecule has 1 aromatic carbocycles. The summed E-state index contributed by atoms with van der Waals surface area (Å²) in [6.45, 7) is 4.66. The van der Waals surface area contributed by atoms with Gasteiger partial charge in [0.15, 0.2) is 0 Å². The summed E-state index contributed by atoms with van der Waals surface area (Å²) in [6.07, 6.45) is 3.48. The van der Waals surface area contributed by atoms with Gasteiger partial charge in [0.1, 0.15) is 0 Å². The fourth-order valence-electron chi connectivity index (χ4n) is 2.79. The molecule has 4 atom stereocenters. The van der Waals surface area contributed by atoms with Gasteiger partial charge in [0, 0.05) is 15.1 Å². The first kappa shape index (κ1) is 15.4. The topological polar surface area (TPSA) is 20.2 Å². The molecule has 0 bridgehead atoms. The molecule has 0 amide bonds. The van der Waals surface area contributed by atoms with Crippen LogP contribution in [0.2, 0.25) is 0 Å². The fraction of sp³-hybridized carbons (Fsp3) is 0.625. The summed E-state index contributed by atoms with van der Waals surface area (Å²) in [7, 11) is 0. The van der Waals surface area contributed by atoms with E-state index in [1.807, 2.05) is 0 Å². The summed E-state index contributed by atoms with van der Waals surface area (Å²) in [5.74, 6) is 2.88. The minimum Gasteiger partial charge on any atom is -0.392 e. The minimum absolute atomic E-state index is 0.163. The molecule has 1 aromatic rings. The molecule has 0 aliphatic heterocycles. The average molecular weight is 343 g/mol. The zero-order valence-electron chi connectivity index (χ0n) is 11.7. The number of halogens is 1. The molecule has 1 aliphatic carbocycles. The number of rotatable bonds is 4. The molecule has 3 heteroatoms. The molecule has 0 saturated heterocycles. The third-order valence-corrected chi connectivity index (χ3v) is 6.06. The Morgan fingerprint density at radius 3 is 2.53 bits per heavy atom. The second kappa shape index (κ2) is 7.14. The summed E-state index contributed by atoms with van der Waals surface area (Å²) in [4.78, 5) is 1.24. The Hall–Kier alpha value is 0.01000. The Balaban J connectivity index is 1.81. The molecule has 0 spiro atoms. The van der Waals surface area contributed by atoms with Crippen molar-refractivity contribution >= 4 is 27.7 Å². The van der Waals surface area contributed by atoms with Crippen LogP contribution in [0.5, 0.6) is 0 Å². The number of hydrogen-bond donors (Lipinski definition) is 1. The van der Waals surface area contributed by atoms with E-state index < -0.39 is 0 Å². The van der Waals surface area contributed by atoms with Crippen molar-refractivity contribution in [2.24, 2.45) is 17.8 Å². The van der Waals surface area contributed by atoms with E-state index >= 15 is 0 Å². The summed E-state index contributed by atoms with van der Waals surface area (Å²) in [5.41, 5.74) is 0. The number of hydrogen-bond acceptors (Lipinski definition) is 2. The molecule has 1 nitrogen and oxygen atoms in total. The van der Waals surface area contributed by atoms with Gasteiger partial charge in [0.2, 0.25) is 0 Å². The van der Waals surface area contributed by atoms with Crippen molar-refractivity contribution in [1.29, 1.82) is 0 Å². The highest BCUT2D eigenvalue weighted by atomic mass is 79.9. The standard InChI is InChI=1S/C16H23BrOS/c1-11-3-4-13(9-12(11)2)16(18)10-19-15-7-5-14(17)6-8-15/h5-8,11-13,16,18H,3-4,9-10H2,1-2H3. The van der Waals surface area contributed by atoms with Crippen LogP contribution in [-0.4, -0.2) is 17.0 Å². The van der Waals surface area contributed by atoms with Crippen molar-refractivity contribution in [3.05, 3.63) is 28.7 Å². The first-order chi connectivity index (χ1) is 9.06. The van der Waals surface area contributed by atoms with Crippen molar-refractivity contribution in [2.75, 3.05) is 5.75 Å². The van der Waals surface area contributed by atoms with Crippen molar-refractivity contribution in [3.63, 3.8) is 0 Å². The van der Waals surface area contributed by atoms with E-state index in [0.717, 1.165) is 22.1 Å². The van der Waals surface area contributed by atoms with Crippen LogP contribution < -0.4 is 0 Å². The van der Waals surface area contributed by atoms with E-state index in [0.29, 0.717) is 5.92 Å². The maximum atomic E-state index is 10.4. The molecule has 0 heterocycles. The van der Waals surface area contributed by atoms with Crippen molar-refractivity contribution in [1.82, 2.24) is 0 Å². The Bertz CT molecular complexity index is 392. The van der Waals surface area contributed by atoms with E-state index in [4.69, 9.17) is 0 Å². The molecule has 106 valence electrons. The molecule has 1 saturated carbocycles. The van der Waals surface area contributed by atoms with Crippen LogP contribution in [0, 0.1) is 17.8 Å². The second-order valence-corrected chi connectivity index (χ2v) is 7.87. The van der Waals surface area contributed by atoms with Crippen LogP contribution in [0.15, 0.2) is 33.6 Å². The Morgan fingerprint density at radius 1 is 1.21 bits per heavy atom. The monoisotopic (exact) mass is 342 g/mol. The summed E-state index contributed by atoms with van der Waals surface area (Å²) in [6, 6.07) is 8.32. The van der Waals surface area contributed by atoms with Crippen LogP contribution >= 0.6 is 27.7 Å². The Kier molecular flexibility index (Phi) is 5.79. The van der Waals surface area contributed by atoms with E-state index in [9.17, 15) is 5.11 Å². The number of aliphatic hydroxyl groups is 1.